The number of rotatable bonds is 4. The van der Waals surface area contributed by atoms with E-state index in [1.54, 1.807) is 0 Å². The van der Waals surface area contributed by atoms with Gasteiger partial charge >= 0.3 is 6.03 Å². The molecule has 1 heterocycles. The van der Waals surface area contributed by atoms with Crippen LogP contribution in [0.2, 0.25) is 0 Å². The van der Waals surface area contributed by atoms with Crippen LogP contribution in [0.3, 0.4) is 0 Å². The smallest absolute Gasteiger partial charge is 0.323 e. The van der Waals surface area contributed by atoms with Crippen molar-refractivity contribution in [2.24, 2.45) is 0 Å². The largest absolute Gasteiger partial charge is 0.326 e. The first-order chi connectivity index (χ1) is 10.1. The molecule has 0 aromatic heterocycles. The fourth-order valence-corrected chi connectivity index (χ4v) is 3.31. The molecule has 1 aliphatic carbocycles. The molecule has 3 rings (SSSR count). The van der Waals surface area contributed by atoms with Gasteiger partial charge in [-0.1, -0.05) is 43.2 Å². The molecule has 1 saturated heterocycles. The van der Waals surface area contributed by atoms with Crippen LogP contribution in [0.1, 0.15) is 31.2 Å². The molecule has 112 valence electrons. The summed E-state index contributed by atoms with van der Waals surface area (Å²) < 4.78 is 0. The van der Waals surface area contributed by atoms with Crippen molar-refractivity contribution in [2.45, 2.75) is 37.8 Å². The van der Waals surface area contributed by atoms with Crippen LogP contribution in [0.4, 0.5) is 4.79 Å². The lowest BCUT2D eigenvalue weighted by Gasteiger charge is -2.24. The highest BCUT2D eigenvalue weighted by atomic mass is 16.2. The summed E-state index contributed by atoms with van der Waals surface area (Å²) in [6.07, 6.45) is 3.58. The average Bonchev–Trinajstić information content (AvgIpc) is 3.02. The van der Waals surface area contributed by atoms with Gasteiger partial charge in [0.25, 0.3) is 5.91 Å². The molecule has 1 saturated carbocycles. The molecule has 3 amide bonds. The molecule has 0 bridgehead atoms. The lowest BCUT2D eigenvalue weighted by atomic mass is 9.98. The minimum atomic E-state index is -0.606. The second-order valence-electron chi connectivity index (χ2n) is 6.09. The monoisotopic (exact) mass is 287 g/mol. The summed E-state index contributed by atoms with van der Waals surface area (Å²) in [4.78, 5) is 28.0. The summed E-state index contributed by atoms with van der Waals surface area (Å²) in [5.41, 5.74) is 0.563. The number of imide groups is 1. The number of hydrogen-bond donors (Lipinski definition) is 1. The van der Waals surface area contributed by atoms with Gasteiger partial charge in [-0.3, -0.25) is 9.69 Å². The van der Waals surface area contributed by atoms with Gasteiger partial charge in [0.2, 0.25) is 0 Å². The second kappa shape index (κ2) is 5.48. The molecule has 0 radical (unpaired) electrons. The Balaban J connectivity index is 1.64. The van der Waals surface area contributed by atoms with Gasteiger partial charge in [0.05, 0.1) is 6.67 Å². The van der Waals surface area contributed by atoms with Crippen LogP contribution in [0.25, 0.3) is 0 Å². The molecule has 5 heteroatoms. The quantitative estimate of drug-likeness (QED) is 0.861. The highest BCUT2D eigenvalue weighted by Crippen LogP contribution is 2.35. The molecule has 1 aliphatic heterocycles. The van der Waals surface area contributed by atoms with Crippen molar-refractivity contribution in [1.29, 1.82) is 0 Å². The molecular weight excluding hydrogens is 266 g/mol. The molecule has 0 atom stereocenters. The van der Waals surface area contributed by atoms with Crippen molar-refractivity contribution in [1.82, 2.24) is 15.1 Å². The zero-order chi connectivity index (χ0) is 14.9. The van der Waals surface area contributed by atoms with E-state index < -0.39 is 5.54 Å². The number of amides is 3. The van der Waals surface area contributed by atoms with Crippen molar-refractivity contribution in [2.75, 3.05) is 13.7 Å². The van der Waals surface area contributed by atoms with E-state index in [0.717, 1.165) is 25.7 Å². The molecule has 1 N–H and O–H groups in total. The lowest BCUT2D eigenvalue weighted by molar-refractivity contribution is -0.132. The van der Waals surface area contributed by atoms with Crippen LogP contribution < -0.4 is 5.32 Å². The second-order valence-corrected chi connectivity index (χ2v) is 6.09. The van der Waals surface area contributed by atoms with E-state index >= 15 is 0 Å². The van der Waals surface area contributed by atoms with Crippen molar-refractivity contribution in [3.8, 4) is 0 Å². The van der Waals surface area contributed by atoms with Gasteiger partial charge in [0.1, 0.15) is 5.54 Å². The van der Waals surface area contributed by atoms with Crippen LogP contribution in [0, 0.1) is 0 Å². The first kappa shape index (κ1) is 14.1. The van der Waals surface area contributed by atoms with Gasteiger partial charge in [-0.15, -0.1) is 0 Å². The van der Waals surface area contributed by atoms with E-state index in [1.807, 2.05) is 42.3 Å². The first-order valence-electron chi connectivity index (χ1n) is 7.47. The molecule has 1 spiro atoms. The number of carbonyl (C=O) groups excluding carboxylic acids is 2. The Kier molecular flexibility index (Phi) is 3.68. The van der Waals surface area contributed by atoms with Crippen molar-refractivity contribution in [3.05, 3.63) is 35.9 Å². The predicted molar refractivity (Wildman–Crippen MR) is 79.4 cm³/mol. The molecule has 5 nitrogen and oxygen atoms in total. The number of benzene rings is 1. The number of hydrogen-bond acceptors (Lipinski definition) is 3. The Hall–Kier alpha value is -1.88. The van der Waals surface area contributed by atoms with Gasteiger partial charge in [0.15, 0.2) is 0 Å². The number of nitrogens with zero attached hydrogens (tertiary/aromatic N) is 2. The molecule has 21 heavy (non-hydrogen) atoms. The highest BCUT2D eigenvalue weighted by molar-refractivity contribution is 6.07. The van der Waals surface area contributed by atoms with E-state index in [0.29, 0.717) is 13.2 Å². The molecule has 2 fully saturated rings. The Labute approximate surface area is 124 Å². The molecule has 1 aromatic rings. The third kappa shape index (κ3) is 2.65. The van der Waals surface area contributed by atoms with Gasteiger partial charge in [-0.25, -0.2) is 9.69 Å². The van der Waals surface area contributed by atoms with Gasteiger partial charge < -0.3 is 5.32 Å². The summed E-state index contributed by atoms with van der Waals surface area (Å²) in [5, 5.41) is 2.91. The first-order valence-corrected chi connectivity index (χ1v) is 7.47. The SMILES string of the molecule is CN(Cc1ccccc1)CN1C(=O)NC2(CCCC2)C1=O. The Morgan fingerprint density at radius 2 is 1.86 bits per heavy atom. The lowest BCUT2D eigenvalue weighted by Crippen LogP contribution is -2.45. The van der Waals surface area contributed by atoms with Crippen LogP contribution in [-0.2, 0) is 11.3 Å². The fraction of sp³-hybridized carbons (Fsp3) is 0.500. The van der Waals surface area contributed by atoms with E-state index in [-0.39, 0.29) is 11.9 Å². The summed E-state index contributed by atoms with van der Waals surface area (Å²) in [5.74, 6) is -0.0510. The average molecular weight is 287 g/mol. The Morgan fingerprint density at radius 3 is 2.52 bits per heavy atom. The molecule has 0 unspecified atom stereocenters. The summed E-state index contributed by atoms with van der Waals surface area (Å²) in [7, 11) is 1.92. The third-order valence-corrected chi connectivity index (χ3v) is 4.38. The number of carbonyl (C=O) groups is 2. The van der Waals surface area contributed by atoms with Crippen LogP contribution in [0.5, 0.6) is 0 Å². The maximum atomic E-state index is 12.5. The van der Waals surface area contributed by atoms with E-state index in [2.05, 4.69) is 5.32 Å². The zero-order valence-corrected chi connectivity index (χ0v) is 12.3. The minimum absolute atomic E-state index is 0.0510. The Bertz CT molecular complexity index is 538. The summed E-state index contributed by atoms with van der Waals surface area (Å²) in [6.45, 7) is 1.05. The minimum Gasteiger partial charge on any atom is -0.323 e. The van der Waals surface area contributed by atoms with Crippen LogP contribution in [-0.4, -0.2) is 41.0 Å². The van der Waals surface area contributed by atoms with Crippen LogP contribution in [0.15, 0.2) is 30.3 Å². The van der Waals surface area contributed by atoms with Crippen molar-refractivity contribution >= 4 is 11.9 Å². The molecule has 2 aliphatic rings. The van der Waals surface area contributed by atoms with Gasteiger partial charge in [-0.05, 0) is 25.5 Å². The molecular formula is C16H21N3O2. The summed E-state index contributed by atoms with van der Waals surface area (Å²) in [6, 6.07) is 9.79. The van der Waals surface area contributed by atoms with Crippen LogP contribution >= 0.6 is 0 Å². The van der Waals surface area contributed by atoms with Gasteiger partial charge in [0, 0.05) is 6.54 Å². The molecule has 1 aromatic carbocycles. The summed E-state index contributed by atoms with van der Waals surface area (Å²) >= 11 is 0. The standard InChI is InChI=1S/C16H21N3O2/c1-18(11-13-7-3-2-4-8-13)12-19-14(20)16(17-15(19)21)9-5-6-10-16/h2-4,7-8H,5-6,9-12H2,1H3,(H,17,21). The highest BCUT2D eigenvalue weighted by Gasteiger charge is 2.52. The predicted octanol–water partition coefficient (Wildman–Crippen LogP) is 1.94. The Morgan fingerprint density at radius 1 is 1.19 bits per heavy atom. The maximum absolute atomic E-state index is 12.5. The number of urea groups is 1. The van der Waals surface area contributed by atoms with Crippen molar-refractivity contribution < 1.29 is 9.59 Å². The van der Waals surface area contributed by atoms with Crippen molar-refractivity contribution in [3.63, 3.8) is 0 Å². The van der Waals surface area contributed by atoms with Gasteiger partial charge in [-0.2, -0.15) is 0 Å². The van der Waals surface area contributed by atoms with E-state index in [1.165, 1.54) is 10.5 Å². The third-order valence-electron chi connectivity index (χ3n) is 4.38. The normalized spacial score (nSPS) is 20.6. The van der Waals surface area contributed by atoms with E-state index in [9.17, 15) is 9.59 Å². The topological polar surface area (TPSA) is 52.6 Å². The number of nitrogens with one attached hydrogen (secondary N) is 1. The zero-order valence-electron chi connectivity index (χ0n) is 12.3. The maximum Gasteiger partial charge on any atom is 0.326 e. The fourth-order valence-electron chi connectivity index (χ4n) is 3.31. The van der Waals surface area contributed by atoms with E-state index in [4.69, 9.17) is 0 Å².